The average molecular weight is 489 g/mol. The number of hydrogen-bond acceptors (Lipinski definition) is 7. The van der Waals surface area contributed by atoms with Crippen LogP contribution in [-0.2, 0) is 0 Å². The number of hydrogen-bond donors (Lipinski definition) is 5. The van der Waals surface area contributed by atoms with Crippen molar-refractivity contribution >= 4 is 5.97 Å². The first kappa shape index (κ1) is 28.9. The molecule has 0 aliphatic rings. The Balaban J connectivity index is 2.66. The lowest BCUT2D eigenvalue weighted by atomic mass is 9.83. The van der Waals surface area contributed by atoms with Crippen molar-refractivity contribution in [2.45, 2.75) is 64.2 Å². The summed E-state index contributed by atoms with van der Waals surface area (Å²) >= 11 is 0. The Hall–Kier alpha value is -2.29. The molecule has 0 radical (unpaired) electrons. The maximum absolute atomic E-state index is 13.6. The van der Waals surface area contributed by atoms with Gasteiger partial charge in [0.05, 0.1) is 5.56 Å². The largest absolute Gasteiger partial charge is 0.423 e. The summed E-state index contributed by atoms with van der Waals surface area (Å²) in [6.07, 6.45) is 0. The van der Waals surface area contributed by atoms with E-state index >= 15 is 0 Å². The van der Waals surface area contributed by atoms with E-state index in [0.29, 0.717) is 22.4 Å². The fraction of sp³-hybridized carbons (Fsp3) is 0.536. The molecule has 0 spiro atoms. The number of aliphatic hydroxyl groups is 5. The molecule has 194 valence electrons. The summed E-state index contributed by atoms with van der Waals surface area (Å²) < 4.78 is 5.85. The quantitative estimate of drug-likeness (QED) is 0.229. The molecular formula is C28H40O7. The van der Waals surface area contributed by atoms with Crippen LogP contribution >= 0.6 is 0 Å². The molecule has 2 aromatic carbocycles. The van der Waals surface area contributed by atoms with Crippen LogP contribution in [0.1, 0.15) is 102 Å². The van der Waals surface area contributed by atoms with Gasteiger partial charge in [-0.3, -0.25) is 0 Å². The number of ether oxygens (including phenoxy) is 1. The third kappa shape index (κ3) is 6.90. The van der Waals surface area contributed by atoms with Crippen molar-refractivity contribution in [2.24, 2.45) is 0 Å². The average Bonchev–Trinajstić information content (AvgIpc) is 2.89. The molecule has 5 N–H and O–H groups in total. The second-order valence-electron chi connectivity index (χ2n) is 9.72. The van der Waals surface area contributed by atoms with Gasteiger partial charge < -0.3 is 30.3 Å². The highest BCUT2D eigenvalue weighted by Gasteiger charge is 2.27. The Morgan fingerprint density at radius 3 is 1.29 bits per heavy atom. The molecule has 0 aromatic heterocycles. The van der Waals surface area contributed by atoms with Crippen LogP contribution in [0.2, 0.25) is 0 Å². The molecule has 7 nitrogen and oxygen atoms in total. The number of esters is 1. The Kier molecular flexibility index (Phi) is 10.9. The fourth-order valence-electron chi connectivity index (χ4n) is 3.95. The lowest BCUT2D eigenvalue weighted by Crippen LogP contribution is -2.20. The van der Waals surface area contributed by atoms with Crippen LogP contribution in [0, 0.1) is 0 Å². The van der Waals surface area contributed by atoms with Gasteiger partial charge in [0, 0.05) is 62.6 Å². The predicted octanol–water partition coefficient (Wildman–Crippen LogP) is 3.38. The van der Waals surface area contributed by atoms with Gasteiger partial charge in [-0.1, -0.05) is 52.8 Å². The van der Waals surface area contributed by atoms with Crippen molar-refractivity contribution < 1.29 is 35.1 Å². The highest BCUT2D eigenvalue weighted by molar-refractivity contribution is 5.95. The summed E-state index contributed by atoms with van der Waals surface area (Å²) in [5.74, 6) is -1.64. The highest BCUT2D eigenvalue weighted by Crippen LogP contribution is 2.34. The third-order valence-corrected chi connectivity index (χ3v) is 6.73. The SMILES string of the molecule is CC(CO)c1cc(OC(=O)c2c(C(C)CO)cc(C(C)CO)cc2C(C)CO)cc(C(C)CO)c1. The van der Waals surface area contributed by atoms with E-state index in [0.717, 1.165) is 16.7 Å². The van der Waals surface area contributed by atoms with E-state index in [1.807, 2.05) is 39.0 Å². The second kappa shape index (κ2) is 13.1. The second-order valence-corrected chi connectivity index (χ2v) is 9.72. The summed E-state index contributed by atoms with van der Waals surface area (Å²) in [5.41, 5.74) is 3.86. The summed E-state index contributed by atoms with van der Waals surface area (Å²) in [6.45, 7) is 8.58. The van der Waals surface area contributed by atoms with Gasteiger partial charge in [0.15, 0.2) is 0 Å². The minimum atomic E-state index is -0.616. The van der Waals surface area contributed by atoms with E-state index in [1.165, 1.54) is 0 Å². The summed E-state index contributed by atoms with van der Waals surface area (Å²) in [6, 6.07) is 8.94. The molecule has 35 heavy (non-hydrogen) atoms. The number of benzene rings is 2. The van der Waals surface area contributed by atoms with Gasteiger partial charge in [-0.25, -0.2) is 4.79 Å². The van der Waals surface area contributed by atoms with E-state index in [9.17, 15) is 30.3 Å². The van der Waals surface area contributed by atoms with Gasteiger partial charge in [-0.05, 0) is 39.9 Å². The van der Waals surface area contributed by atoms with Crippen molar-refractivity contribution in [3.63, 3.8) is 0 Å². The molecule has 0 heterocycles. The molecule has 0 aliphatic carbocycles. The summed E-state index contributed by atoms with van der Waals surface area (Å²) in [5, 5.41) is 48.8. The van der Waals surface area contributed by atoms with Crippen LogP contribution in [0.5, 0.6) is 5.75 Å². The Bertz CT molecular complexity index is 928. The predicted molar refractivity (Wildman–Crippen MR) is 135 cm³/mol. The Morgan fingerprint density at radius 1 is 0.600 bits per heavy atom. The molecule has 0 amide bonds. The molecule has 5 atom stereocenters. The van der Waals surface area contributed by atoms with Crippen molar-refractivity contribution in [2.75, 3.05) is 33.0 Å². The molecule has 0 bridgehead atoms. The van der Waals surface area contributed by atoms with E-state index < -0.39 is 5.97 Å². The zero-order valence-electron chi connectivity index (χ0n) is 21.4. The van der Waals surface area contributed by atoms with Crippen LogP contribution in [-0.4, -0.2) is 64.5 Å². The van der Waals surface area contributed by atoms with Gasteiger partial charge in [0.25, 0.3) is 0 Å². The van der Waals surface area contributed by atoms with Gasteiger partial charge >= 0.3 is 5.97 Å². The van der Waals surface area contributed by atoms with Crippen LogP contribution in [0.3, 0.4) is 0 Å². The monoisotopic (exact) mass is 488 g/mol. The summed E-state index contributed by atoms with van der Waals surface area (Å²) in [7, 11) is 0. The van der Waals surface area contributed by atoms with Gasteiger partial charge in [-0.15, -0.1) is 0 Å². The smallest absolute Gasteiger partial charge is 0.344 e. The van der Waals surface area contributed by atoms with Crippen molar-refractivity contribution in [3.05, 3.63) is 63.7 Å². The normalized spacial score (nSPS) is 15.8. The first-order chi connectivity index (χ1) is 16.6. The van der Waals surface area contributed by atoms with Crippen molar-refractivity contribution in [3.8, 4) is 5.75 Å². The van der Waals surface area contributed by atoms with E-state index in [1.54, 1.807) is 26.0 Å². The molecule has 5 unspecified atom stereocenters. The standard InChI is InChI=1S/C28H40O7/c1-16(11-29)21-6-22(17(2)12-30)8-24(7-21)35-28(34)27-25(19(4)14-32)9-23(18(3)13-31)10-26(27)20(5)15-33/h6-10,16-20,29-33H,11-15H2,1-5H3. The molecular weight excluding hydrogens is 448 g/mol. The highest BCUT2D eigenvalue weighted by atomic mass is 16.5. The van der Waals surface area contributed by atoms with Crippen LogP contribution < -0.4 is 4.74 Å². The molecule has 0 saturated heterocycles. The topological polar surface area (TPSA) is 127 Å². The van der Waals surface area contributed by atoms with Gasteiger partial charge in [0.1, 0.15) is 5.75 Å². The van der Waals surface area contributed by atoms with E-state index in [4.69, 9.17) is 4.74 Å². The zero-order chi connectivity index (χ0) is 26.3. The molecule has 0 aliphatic heterocycles. The van der Waals surface area contributed by atoms with E-state index in [2.05, 4.69) is 0 Å². The van der Waals surface area contributed by atoms with Gasteiger partial charge in [0.2, 0.25) is 0 Å². The maximum atomic E-state index is 13.6. The Morgan fingerprint density at radius 2 is 0.943 bits per heavy atom. The van der Waals surface area contributed by atoms with Crippen molar-refractivity contribution in [1.29, 1.82) is 0 Å². The number of carbonyl (C=O) groups is 1. The fourth-order valence-corrected chi connectivity index (χ4v) is 3.95. The van der Waals surface area contributed by atoms with Gasteiger partial charge in [-0.2, -0.15) is 0 Å². The molecule has 7 heteroatoms. The number of rotatable bonds is 12. The van der Waals surface area contributed by atoms with Crippen LogP contribution in [0.25, 0.3) is 0 Å². The first-order valence-electron chi connectivity index (χ1n) is 12.2. The molecule has 2 rings (SSSR count). The summed E-state index contributed by atoms with van der Waals surface area (Å²) in [4.78, 5) is 13.6. The molecule has 2 aromatic rings. The van der Waals surface area contributed by atoms with Crippen LogP contribution in [0.15, 0.2) is 30.3 Å². The molecule has 0 fully saturated rings. The first-order valence-corrected chi connectivity index (χ1v) is 12.2. The van der Waals surface area contributed by atoms with E-state index in [-0.39, 0.29) is 62.6 Å². The van der Waals surface area contributed by atoms with Crippen LogP contribution in [0.4, 0.5) is 0 Å². The third-order valence-electron chi connectivity index (χ3n) is 6.73. The zero-order valence-corrected chi connectivity index (χ0v) is 21.4. The lowest BCUT2D eigenvalue weighted by Gasteiger charge is -2.24. The molecule has 0 saturated carbocycles. The number of carbonyl (C=O) groups excluding carboxylic acids is 1. The lowest BCUT2D eigenvalue weighted by molar-refractivity contribution is 0.0730. The number of aliphatic hydroxyl groups excluding tert-OH is 5. The maximum Gasteiger partial charge on any atom is 0.344 e. The minimum Gasteiger partial charge on any atom is -0.423 e. The van der Waals surface area contributed by atoms with Crippen molar-refractivity contribution in [1.82, 2.24) is 0 Å². The Labute approximate surface area is 208 Å². The minimum absolute atomic E-state index is 0.0780.